The van der Waals surface area contributed by atoms with Gasteiger partial charge in [-0.05, 0) is 12.1 Å². The fourth-order valence-corrected chi connectivity index (χ4v) is 1.78. The van der Waals surface area contributed by atoms with E-state index in [1.165, 1.54) is 18.2 Å². The second-order valence-electron chi connectivity index (χ2n) is 3.68. The van der Waals surface area contributed by atoms with E-state index in [2.05, 4.69) is 5.32 Å². The molecule has 0 radical (unpaired) electrons. The third-order valence-corrected chi connectivity index (χ3v) is 2.64. The SMILES string of the molecule is C[N-]C(c1c(F)cccc1F)C1CC1. The Kier molecular flexibility index (Phi) is 2.50. The Bertz CT molecular complexity index is 314. The summed E-state index contributed by atoms with van der Waals surface area (Å²) in [6.45, 7) is 0. The molecule has 14 heavy (non-hydrogen) atoms. The molecule has 0 N–H and O–H groups in total. The van der Waals surface area contributed by atoms with Crippen molar-refractivity contribution in [3.05, 3.63) is 40.7 Å². The van der Waals surface area contributed by atoms with E-state index in [9.17, 15) is 8.78 Å². The first-order valence-electron chi connectivity index (χ1n) is 4.77. The van der Waals surface area contributed by atoms with E-state index in [4.69, 9.17) is 0 Å². The highest BCUT2D eigenvalue weighted by atomic mass is 19.1. The molecule has 1 unspecified atom stereocenters. The predicted octanol–water partition coefficient (Wildman–Crippen LogP) is 3.42. The topological polar surface area (TPSA) is 14.1 Å². The van der Waals surface area contributed by atoms with E-state index in [0.717, 1.165) is 12.8 Å². The molecule has 1 nitrogen and oxygen atoms in total. The molecule has 3 heteroatoms. The van der Waals surface area contributed by atoms with Crippen LogP contribution in [0.25, 0.3) is 5.32 Å². The Morgan fingerprint density at radius 2 is 1.86 bits per heavy atom. The fraction of sp³-hybridized carbons (Fsp3) is 0.455. The molecule has 1 aliphatic carbocycles. The first-order valence-corrected chi connectivity index (χ1v) is 4.77. The highest BCUT2D eigenvalue weighted by molar-refractivity contribution is 5.28. The summed E-state index contributed by atoms with van der Waals surface area (Å²) < 4.78 is 26.8. The van der Waals surface area contributed by atoms with E-state index in [1.54, 1.807) is 7.05 Å². The monoisotopic (exact) mass is 196 g/mol. The number of halogens is 2. The van der Waals surface area contributed by atoms with Crippen molar-refractivity contribution in [2.75, 3.05) is 7.05 Å². The maximum absolute atomic E-state index is 13.4. The number of hydrogen-bond donors (Lipinski definition) is 0. The minimum atomic E-state index is -0.479. The Morgan fingerprint density at radius 1 is 1.29 bits per heavy atom. The van der Waals surface area contributed by atoms with Gasteiger partial charge in [0, 0.05) is 5.56 Å². The molecule has 0 aliphatic heterocycles. The zero-order valence-corrected chi connectivity index (χ0v) is 8.00. The van der Waals surface area contributed by atoms with Crippen molar-refractivity contribution in [2.45, 2.75) is 18.9 Å². The van der Waals surface area contributed by atoms with Crippen LogP contribution < -0.4 is 0 Å². The second-order valence-corrected chi connectivity index (χ2v) is 3.68. The van der Waals surface area contributed by atoms with Gasteiger partial charge in [0.2, 0.25) is 0 Å². The van der Waals surface area contributed by atoms with Crippen LogP contribution in [0.15, 0.2) is 18.2 Å². The summed E-state index contributed by atoms with van der Waals surface area (Å²) in [6.07, 6.45) is 2.05. The van der Waals surface area contributed by atoms with Crippen molar-refractivity contribution in [1.29, 1.82) is 0 Å². The Hall–Kier alpha value is -0.960. The van der Waals surface area contributed by atoms with E-state index in [0.29, 0.717) is 5.92 Å². The molecule has 1 aromatic carbocycles. The molecular weight excluding hydrogens is 184 g/mol. The molecule has 0 amide bonds. The lowest BCUT2D eigenvalue weighted by Crippen LogP contribution is -2.05. The first kappa shape index (κ1) is 9.59. The van der Waals surface area contributed by atoms with Crippen LogP contribution in [0.5, 0.6) is 0 Å². The minimum Gasteiger partial charge on any atom is -0.658 e. The molecule has 1 atom stereocenters. The zero-order valence-electron chi connectivity index (χ0n) is 8.00. The van der Waals surface area contributed by atoms with Gasteiger partial charge in [0.25, 0.3) is 0 Å². The Labute approximate surface area is 82.1 Å². The molecule has 0 bridgehead atoms. The van der Waals surface area contributed by atoms with E-state index in [-0.39, 0.29) is 11.6 Å². The smallest absolute Gasteiger partial charge is 0.127 e. The first-order chi connectivity index (χ1) is 6.74. The van der Waals surface area contributed by atoms with Gasteiger partial charge in [0.1, 0.15) is 11.6 Å². The van der Waals surface area contributed by atoms with Crippen LogP contribution in [0.4, 0.5) is 8.78 Å². The van der Waals surface area contributed by atoms with Gasteiger partial charge in [-0.15, -0.1) is 6.04 Å². The fourth-order valence-electron chi connectivity index (χ4n) is 1.78. The highest BCUT2D eigenvalue weighted by Crippen LogP contribution is 2.46. The molecule has 0 saturated heterocycles. The average molecular weight is 196 g/mol. The molecule has 76 valence electrons. The van der Waals surface area contributed by atoms with E-state index in [1.807, 2.05) is 0 Å². The van der Waals surface area contributed by atoms with Crippen LogP contribution in [0.3, 0.4) is 0 Å². The highest BCUT2D eigenvalue weighted by Gasteiger charge is 2.28. The van der Waals surface area contributed by atoms with Gasteiger partial charge in [0.05, 0.1) is 0 Å². The number of rotatable bonds is 3. The summed E-state index contributed by atoms with van der Waals surface area (Å²) in [6, 6.07) is 3.67. The van der Waals surface area contributed by atoms with Crippen LogP contribution in [-0.4, -0.2) is 7.05 Å². The normalized spacial score (nSPS) is 18.2. The zero-order chi connectivity index (χ0) is 10.1. The summed E-state index contributed by atoms with van der Waals surface area (Å²) in [5, 5.41) is 4.06. The number of benzene rings is 1. The lowest BCUT2D eigenvalue weighted by atomic mass is 10.0. The van der Waals surface area contributed by atoms with Crippen molar-refractivity contribution in [3.63, 3.8) is 0 Å². The van der Waals surface area contributed by atoms with Gasteiger partial charge in [-0.1, -0.05) is 24.8 Å². The van der Waals surface area contributed by atoms with Crippen LogP contribution in [-0.2, 0) is 0 Å². The lowest BCUT2D eigenvalue weighted by Gasteiger charge is -2.29. The maximum atomic E-state index is 13.4. The average Bonchev–Trinajstić information content (AvgIpc) is 2.95. The van der Waals surface area contributed by atoms with Gasteiger partial charge in [-0.25, -0.2) is 8.78 Å². The summed E-state index contributed by atoms with van der Waals surface area (Å²) in [4.78, 5) is 0. The van der Waals surface area contributed by atoms with Crippen LogP contribution in [0.2, 0.25) is 0 Å². The van der Waals surface area contributed by atoms with E-state index < -0.39 is 11.6 Å². The van der Waals surface area contributed by atoms with Gasteiger partial charge < -0.3 is 5.32 Å². The molecule has 1 fully saturated rings. The van der Waals surface area contributed by atoms with Gasteiger partial charge >= 0.3 is 0 Å². The molecule has 0 heterocycles. The van der Waals surface area contributed by atoms with E-state index >= 15 is 0 Å². The van der Waals surface area contributed by atoms with Crippen molar-refractivity contribution >= 4 is 0 Å². The molecular formula is C11H12F2N-. The van der Waals surface area contributed by atoms with Crippen LogP contribution in [0, 0.1) is 17.6 Å². The Morgan fingerprint density at radius 3 is 2.29 bits per heavy atom. The molecule has 0 aromatic heterocycles. The van der Waals surface area contributed by atoms with Crippen molar-refractivity contribution in [3.8, 4) is 0 Å². The maximum Gasteiger partial charge on any atom is 0.127 e. The summed E-state index contributed by atoms with van der Waals surface area (Å²) in [7, 11) is 1.62. The van der Waals surface area contributed by atoms with Crippen LogP contribution in [0.1, 0.15) is 24.4 Å². The quantitative estimate of drug-likeness (QED) is 0.703. The molecule has 2 rings (SSSR count). The van der Waals surface area contributed by atoms with Gasteiger partial charge in [-0.3, -0.25) is 0 Å². The second kappa shape index (κ2) is 3.65. The van der Waals surface area contributed by atoms with Crippen molar-refractivity contribution in [1.82, 2.24) is 0 Å². The third kappa shape index (κ3) is 1.64. The molecule has 1 aliphatic rings. The summed E-state index contributed by atoms with van der Waals surface area (Å²) in [5.41, 5.74) is 0.137. The molecule has 1 saturated carbocycles. The van der Waals surface area contributed by atoms with Crippen LogP contribution >= 0.6 is 0 Å². The standard InChI is InChI=1S/C11H12F2N/c1-14-11(7-5-6-7)10-8(12)3-2-4-9(10)13/h2-4,7,11H,5-6H2,1H3/q-1. The largest absolute Gasteiger partial charge is 0.658 e. The molecule has 1 aromatic rings. The lowest BCUT2D eigenvalue weighted by molar-refractivity contribution is 0.523. The Balaban J connectivity index is 2.36. The van der Waals surface area contributed by atoms with Gasteiger partial charge in [0.15, 0.2) is 0 Å². The number of hydrogen-bond acceptors (Lipinski definition) is 0. The minimum absolute atomic E-state index is 0.137. The molecule has 0 spiro atoms. The van der Waals surface area contributed by atoms with Crippen molar-refractivity contribution in [2.24, 2.45) is 5.92 Å². The van der Waals surface area contributed by atoms with Gasteiger partial charge in [-0.2, -0.15) is 7.05 Å². The third-order valence-electron chi connectivity index (χ3n) is 2.64. The summed E-state index contributed by atoms with van der Waals surface area (Å²) in [5.74, 6) is -0.619. The predicted molar refractivity (Wildman–Crippen MR) is 51.1 cm³/mol. The van der Waals surface area contributed by atoms with Crippen molar-refractivity contribution < 1.29 is 8.78 Å². The summed E-state index contributed by atoms with van der Waals surface area (Å²) >= 11 is 0. The number of nitrogens with zero attached hydrogens (tertiary/aromatic N) is 1.